The summed E-state index contributed by atoms with van der Waals surface area (Å²) < 4.78 is 51.9. The number of rotatable bonds is 7. The van der Waals surface area contributed by atoms with Gasteiger partial charge in [0.25, 0.3) is 0 Å². The number of thioether (sulfide) groups is 1. The number of hydrogen-bond donors (Lipinski definition) is 0. The van der Waals surface area contributed by atoms with E-state index in [1.54, 1.807) is 6.26 Å². The Balaban J connectivity index is 1.37. The fourth-order valence-corrected chi connectivity index (χ4v) is 4.18. The number of aromatic nitrogens is 5. The van der Waals surface area contributed by atoms with Gasteiger partial charge in [0.1, 0.15) is 11.6 Å². The van der Waals surface area contributed by atoms with Gasteiger partial charge in [-0.15, -0.1) is 10.2 Å². The van der Waals surface area contributed by atoms with Gasteiger partial charge in [0, 0.05) is 11.5 Å². The summed E-state index contributed by atoms with van der Waals surface area (Å²) >= 11 is 1.40. The van der Waals surface area contributed by atoms with Crippen LogP contribution in [0.1, 0.15) is 54.0 Å². The molecule has 5 rings (SSSR count). The van der Waals surface area contributed by atoms with Crippen molar-refractivity contribution >= 4 is 11.8 Å². The zero-order valence-corrected chi connectivity index (χ0v) is 17.7. The Labute approximate surface area is 185 Å². The molecule has 11 heteroatoms. The van der Waals surface area contributed by atoms with Gasteiger partial charge in [-0.1, -0.05) is 29.1 Å². The van der Waals surface area contributed by atoms with Crippen LogP contribution in [0.15, 0.2) is 56.8 Å². The van der Waals surface area contributed by atoms with Gasteiger partial charge in [-0.3, -0.25) is 4.57 Å². The van der Waals surface area contributed by atoms with Crippen LogP contribution in [0.3, 0.4) is 0 Å². The molecule has 0 amide bonds. The number of benzene rings is 1. The third-order valence-corrected chi connectivity index (χ3v) is 6.17. The molecule has 0 N–H and O–H groups in total. The van der Waals surface area contributed by atoms with Crippen LogP contribution in [0.25, 0.3) is 11.4 Å². The van der Waals surface area contributed by atoms with Crippen LogP contribution in [0.4, 0.5) is 13.2 Å². The zero-order chi connectivity index (χ0) is 22.3. The van der Waals surface area contributed by atoms with E-state index in [1.165, 1.54) is 23.9 Å². The van der Waals surface area contributed by atoms with E-state index in [-0.39, 0.29) is 16.6 Å². The molecule has 1 aliphatic rings. The topological polar surface area (TPSA) is 82.8 Å². The van der Waals surface area contributed by atoms with Gasteiger partial charge < -0.3 is 8.94 Å². The van der Waals surface area contributed by atoms with Gasteiger partial charge in [-0.2, -0.15) is 18.2 Å². The normalized spacial score (nSPS) is 15.2. The van der Waals surface area contributed by atoms with Crippen molar-refractivity contribution in [3.63, 3.8) is 0 Å². The maximum absolute atomic E-state index is 13.0. The molecule has 0 spiro atoms. The first-order chi connectivity index (χ1) is 15.4. The highest BCUT2D eigenvalue weighted by Gasteiger charge is 2.32. The molecule has 1 aromatic carbocycles. The summed E-state index contributed by atoms with van der Waals surface area (Å²) in [6.07, 6.45) is -0.649. The molecular weight excluding hydrogens is 443 g/mol. The molecule has 1 saturated carbocycles. The highest BCUT2D eigenvalue weighted by molar-refractivity contribution is 7.99. The summed E-state index contributed by atoms with van der Waals surface area (Å²) in [6, 6.07) is 8.58. The third-order valence-electron chi connectivity index (χ3n) is 5.10. The van der Waals surface area contributed by atoms with Crippen molar-refractivity contribution in [2.24, 2.45) is 0 Å². The Morgan fingerprint density at radius 2 is 2.03 bits per heavy atom. The first-order valence-corrected chi connectivity index (χ1v) is 10.9. The van der Waals surface area contributed by atoms with Crippen LogP contribution in [-0.2, 0) is 12.7 Å². The van der Waals surface area contributed by atoms with Crippen LogP contribution in [0, 0.1) is 0 Å². The van der Waals surface area contributed by atoms with Gasteiger partial charge >= 0.3 is 6.18 Å². The predicted octanol–water partition coefficient (Wildman–Crippen LogP) is 5.72. The Morgan fingerprint density at radius 1 is 1.19 bits per heavy atom. The number of hydrogen-bond acceptors (Lipinski definition) is 7. The van der Waals surface area contributed by atoms with E-state index >= 15 is 0 Å². The van der Waals surface area contributed by atoms with E-state index in [2.05, 4.69) is 20.3 Å². The molecule has 166 valence electrons. The first-order valence-electron chi connectivity index (χ1n) is 10.0. The first kappa shape index (κ1) is 20.8. The van der Waals surface area contributed by atoms with Gasteiger partial charge in [0.05, 0.1) is 23.6 Å². The molecule has 3 heterocycles. The van der Waals surface area contributed by atoms with Crippen LogP contribution in [0.5, 0.6) is 0 Å². The SMILES string of the molecule is C[C@@H](Sc1nnc(C2CC2)n1Cc1ccco1)c1nc(-c2cccc(C(F)(F)F)c2)no1. The van der Waals surface area contributed by atoms with Crippen molar-refractivity contribution in [2.45, 2.75) is 48.8 Å². The fourth-order valence-electron chi connectivity index (χ4n) is 3.30. The molecule has 32 heavy (non-hydrogen) atoms. The average Bonchev–Trinajstić information content (AvgIpc) is 3.16. The largest absolute Gasteiger partial charge is 0.467 e. The van der Waals surface area contributed by atoms with Crippen LogP contribution >= 0.6 is 11.8 Å². The lowest BCUT2D eigenvalue weighted by Gasteiger charge is -2.10. The second-order valence-electron chi connectivity index (χ2n) is 7.58. The number of nitrogens with zero attached hydrogens (tertiary/aromatic N) is 5. The highest BCUT2D eigenvalue weighted by Crippen LogP contribution is 2.42. The molecule has 0 aliphatic heterocycles. The quantitative estimate of drug-likeness (QED) is 0.326. The minimum Gasteiger partial charge on any atom is -0.467 e. The van der Waals surface area contributed by atoms with E-state index in [0.29, 0.717) is 23.5 Å². The van der Waals surface area contributed by atoms with Crippen molar-refractivity contribution in [3.8, 4) is 11.4 Å². The van der Waals surface area contributed by atoms with E-state index in [4.69, 9.17) is 8.94 Å². The van der Waals surface area contributed by atoms with Gasteiger partial charge in [0.2, 0.25) is 11.7 Å². The zero-order valence-electron chi connectivity index (χ0n) is 16.9. The third kappa shape index (κ3) is 4.29. The Kier molecular flexibility index (Phi) is 5.28. The molecule has 0 bridgehead atoms. The number of furan rings is 1. The summed E-state index contributed by atoms with van der Waals surface area (Å²) in [5.41, 5.74) is -0.522. The Hall–Kier alpha value is -3.08. The van der Waals surface area contributed by atoms with Crippen LogP contribution in [0.2, 0.25) is 0 Å². The maximum atomic E-state index is 13.0. The standard InChI is InChI=1S/C21H18F3N5O2S/c1-12(19-25-17(28-31-19)14-4-2-5-15(10-14)21(22,23)24)32-20-27-26-18(13-7-8-13)29(20)11-16-6-3-9-30-16/h2-6,9-10,12-13H,7-8,11H2,1H3/t12-/m1/s1. The number of halogens is 3. The van der Waals surface area contributed by atoms with Crippen molar-refractivity contribution < 1.29 is 22.1 Å². The molecule has 0 radical (unpaired) electrons. The van der Waals surface area contributed by atoms with Crippen LogP contribution < -0.4 is 0 Å². The molecule has 1 atom stereocenters. The predicted molar refractivity (Wildman–Crippen MR) is 109 cm³/mol. The molecule has 3 aromatic heterocycles. The molecular formula is C21H18F3N5O2S. The van der Waals surface area contributed by atoms with Crippen molar-refractivity contribution in [3.05, 3.63) is 65.7 Å². The van der Waals surface area contributed by atoms with Crippen molar-refractivity contribution in [2.75, 3.05) is 0 Å². The van der Waals surface area contributed by atoms with Crippen molar-refractivity contribution in [1.82, 2.24) is 24.9 Å². The highest BCUT2D eigenvalue weighted by atomic mass is 32.2. The second-order valence-corrected chi connectivity index (χ2v) is 8.88. The minimum atomic E-state index is -4.44. The monoisotopic (exact) mass is 461 g/mol. The van der Waals surface area contributed by atoms with Gasteiger partial charge in [-0.05, 0) is 44.0 Å². The van der Waals surface area contributed by atoms with Gasteiger partial charge in [0.15, 0.2) is 5.16 Å². The fraction of sp³-hybridized carbons (Fsp3) is 0.333. The summed E-state index contributed by atoms with van der Waals surface area (Å²) in [5.74, 6) is 2.52. The molecule has 4 aromatic rings. The lowest BCUT2D eigenvalue weighted by Crippen LogP contribution is -2.06. The molecule has 0 saturated heterocycles. The lowest BCUT2D eigenvalue weighted by molar-refractivity contribution is -0.137. The summed E-state index contributed by atoms with van der Waals surface area (Å²) in [4.78, 5) is 4.32. The van der Waals surface area contributed by atoms with E-state index in [9.17, 15) is 13.2 Å². The number of alkyl halides is 3. The van der Waals surface area contributed by atoms with Crippen molar-refractivity contribution in [1.29, 1.82) is 0 Å². The molecule has 0 unspecified atom stereocenters. The maximum Gasteiger partial charge on any atom is 0.416 e. The summed E-state index contributed by atoms with van der Waals surface area (Å²) in [6.45, 7) is 2.39. The molecule has 1 fully saturated rings. The van der Waals surface area contributed by atoms with E-state index in [1.807, 2.05) is 23.6 Å². The second kappa shape index (κ2) is 8.12. The molecule has 7 nitrogen and oxygen atoms in total. The van der Waals surface area contributed by atoms with Crippen LogP contribution in [-0.4, -0.2) is 24.9 Å². The smallest absolute Gasteiger partial charge is 0.416 e. The summed E-state index contributed by atoms with van der Waals surface area (Å²) in [5, 5.41) is 13.0. The van der Waals surface area contributed by atoms with E-state index < -0.39 is 11.7 Å². The average molecular weight is 461 g/mol. The Morgan fingerprint density at radius 3 is 2.75 bits per heavy atom. The van der Waals surface area contributed by atoms with Gasteiger partial charge in [-0.25, -0.2) is 0 Å². The lowest BCUT2D eigenvalue weighted by atomic mass is 10.1. The summed E-state index contributed by atoms with van der Waals surface area (Å²) in [7, 11) is 0. The van der Waals surface area contributed by atoms with E-state index in [0.717, 1.165) is 36.6 Å². The molecule has 1 aliphatic carbocycles. The Bertz CT molecular complexity index is 1210. The minimum absolute atomic E-state index is 0.106.